The summed E-state index contributed by atoms with van der Waals surface area (Å²) in [6.45, 7) is 4.44. The van der Waals surface area contributed by atoms with E-state index in [1.54, 1.807) is 25.3 Å². The monoisotopic (exact) mass is 443 g/mol. The molecule has 2 N–H and O–H groups in total. The zero-order valence-corrected chi connectivity index (χ0v) is 18.9. The minimum atomic E-state index is -0.0653. The molecule has 3 rings (SSSR count). The van der Waals surface area contributed by atoms with Crippen molar-refractivity contribution in [2.75, 3.05) is 30.8 Å². The van der Waals surface area contributed by atoms with Gasteiger partial charge in [0, 0.05) is 37.1 Å². The Labute approximate surface area is 188 Å². The summed E-state index contributed by atoms with van der Waals surface area (Å²) in [6, 6.07) is 13.2. The number of anilines is 2. The Kier molecular flexibility index (Phi) is 8.32. The van der Waals surface area contributed by atoms with Crippen molar-refractivity contribution < 1.29 is 14.3 Å². The Morgan fingerprint density at radius 1 is 1.16 bits per heavy atom. The van der Waals surface area contributed by atoms with Crippen LogP contribution in [0.3, 0.4) is 0 Å². The number of likely N-dealkylation sites (tertiary alicyclic amines) is 1. The van der Waals surface area contributed by atoms with Gasteiger partial charge in [0.05, 0.1) is 12.8 Å². The summed E-state index contributed by atoms with van der Waals surface area (Å²) >= 11 is 6.04. The molecule has 1 saturated heterocycles. The summed E-state index contributed by atoms with van der Waals surface area (Å²) in [5, 5.41) is 6.27. The standard InChI is InChI=1S/C24H30ClN3O3/c1-17(29)26-21-9-5-19(6-10-21)16-28-13-3-4-18(15-28)7-12-24(30)27-22-14-20(25)8-11-23(22)31-2/h5-6,8-11,14,18H,3-4,7,12-13,15-16H2,1-2H3,(H,26,29)(H,27,30). The van der Waals surface area contributed by atoms with Gasteiger partial charge in [-0.25, -0.2) is 0 Å². The van der Waals surface area contributed by atoms with Gasteiger partial charge < -0.3 is 15.4 Å². The molecule has 1 atom stereocenters. The minimum absolute atomic E-state index is 0.0220. The lowest BCUT2D eigenvalue weighted by molar-refractivity contribution is -0.116. The lowest BCUT2D eigenvalue weighted by Crippen LogP contribution is -2.35. The fourth-order valence-corrected chi connectivity index (χ4v) is 4.18. The van der Waals surface area contributed by atoms with Crippen LogP contribution in [0.2, 0.25) is 5.02 Å². The van der Waals surface area contributed by atoms with E-state index in [9.17, 15) is 9.59 Å². The molecule has 31 heavy (non-hydrogen) atoms. The van der Waals surface area contributed by atoms with Gasteiger partial charge in [-0.3, -0.25) is 14.5 Å². The first kappa shape index (κ1) is 23.1. The summed E-state index contributed by atoms with van der Waals surface area (Å²) in [5.74, 6) is 1.02. The second-order valence-electron chi connectivity index (χ2n) is 8.05. The molecule has 0 spiro atoms. The number of methoxy groups -OCH3 is 1. The summed E-state index contributed by atoms with van der Waals surface area (Å²) in [6.07, 6.45) is 3.61. The smallest absolute Gasteiger partial charge is 0.224 e. The molecular formula is C24H30ClN3O3. The van der Waals surface area contributed by atoms with Gasteiger partial charge >= 0.3 is 0 Å². The van der Waals surface area contributed by atoms with Crippen LogP contribution >= 0.6 is 11.6 Å². The third-order valence-electron chi connectivity index (χ3n) is 5.50. The van der Waals surface area contributed by atoms with Gasteiger partial charge in [-0.1, -0.05) is 23.7 Å². The molecule has 1 aliphatic rings. The molecule has 2 aromatic carbocycles. The molecule has 0 aromatic heterocycles. The van der Waals surface area contributed by atoms with Gasteiger partial charge in [-0.2, -0.15) is 0 Å². The first-order valence-corrected chi connectivity index (χ1v) is 11.0. The quantitative estimate of drug-likeness (QED) is 0.606. The number of amides is 2. The molecule has 2 aromatic rings. The Balaban J connectivity index is 1.47. The van der Waals surface area contributed by atoms with E-state index in [4.69, 9.17) is 16.3 Å². The Morgan fingerprint density at radius 3 is 2.65 bits per heavy atom. The Bertz CT molecular complexity index is 901. The van der Waals surface area contributed by atoms with Crippen LogP contribution in [0.5, 0.6) is 5.75 Å². The maximum atomic E-state index is 12.5. The molecule has 1 fully saturated rings. The van der Waals surface area contributed by atoms with Crippen LogP contribution in [0, 0.1) is 5.92 Å². The maximum Gasteiger partial charge on any atom is 0.224 e. The van der Waals surface area contributed by atoms with Crippen LogP contribution < -0.4 is 15.4 Å². The van der Waals surface area contributed by atoms with Crippen LogP contribution in [0.1, 0.15) is 38.2 Å². The van der Waals surface area contributed by atoms with E-state index in [1.807, 2.05) is 12.1 Å². The SMILES string of the molecule is COc1ccc(Cl)cc1NC(=O)CCC1CCCN(Cc2ccc(NC(C)=O)cc2)C1. The fraction of sp³-hybridized carbons (Fsp3) is 0.417. The number of ether oxygens (including phenoxy) is 1. The van der Waals surface area contributed by atoms with E-state index < -0.39 is 0 Å². The van der Waals surface area contributed by atoms with E-state index in [2.05, 4.69) is 27.7 Å². The van der Waals surface area contributed by atoms with Crippen molar-refractivity contribution in [3.63, 3.8) is 0 Å². The summed E-state index contributed by atoms with van der Waals surface area (Å²) in [5.41, 5.74) is 2.64. The van der Waals surface area contributed by atoms with Gasteiger partial charge in [0.25, 0.3) is 0 Å². The number of benzene rings is 2. The third kappa shape index (κ3) is 7.26. The van der Waals surface area contributed by atoms with E-state index in [0.717, 1.165) is 44.6 Å². The molecule has 0 saturated carbocycles. The van der Waals surface area contributed by atoms with Crippen LogP contribution in [-0.4, -0.2) is 36.9 Å². The zero-order valence-electron chi connectivity index (χ0n) is 18.1. The average Bonchev–Trinajstić information content (AvgIpc) is 2.74. The summed E-state index contributed by atoms with van der Waals surface area (Å²) < 4.78 is 5.29. The maximum absolute atomic E-state index is 12.5. The molecule has 166 valence electrons. The highest BCUT2D eigenvalue weighted by atomic mass is 35.5. The van der Waals surface area contributed by atoms with Crippen LogP contribution in [0.4, 0.5) is 11.4 Å². The molecule has 1 aliphatic heterocycles. The van der Waals surface area contributed by atoms with E-state index in [0.29, 0.717) is 28.8 Å². The van der Waals surface area contributed by atoms with Crippen molar-refractivity contribution in [1.29, 1.82) is 0 Å². The number of piperidine rings is 1. The molecule has 0 aliphatic carbocycles. The van der Waals surface area contributed by atoms with E-state index in [-0.39, 0.29) is 11.8 Å². The molecule has 0 radical (unpaired) electrons. The molecule has 1 unspecified atom stereocenters. The number of carbonyl (C=O) groups excluding carboxylic acids is 2. The Morgan fingerprint density at radius 2 is 1.94 bits per heavy atom. The van der Waals surface area contributed by atoms with Crippen molar-refractivity contribution in [3.05, 3.63) is 53.1 Å². The largest absolute Gasteiger partial charge is 0.495 e. The summed E-state index contributed by atoms with van der Waals surface area (Å²) in [7, 11) is 1.57. The van der Waals surface area contributed by atoms with Gasteiger partial charge in [-0.15, -0.1) is 0 Å². The second kappa shape index (κ2) is 11.2. The highest BCUT2D eigenvalue weighted by Gasteiger charge is 2.21. The lowest BCUT2D eigenvalue weighted by Gasteiger charge is -2.32. The molecule has 2 amide bonds. The van der Waals surface area contributed by atoms with E-state index in [1.165, 1.54) is 12.5 Å². The topological polar surface area (TPSA) is 70.7 Å². The van der Waals surface area contributed by atoms with Crippen LogP contribution in [-0.2, 0) is 16.1 Å². The van der Waals surface area contributed by atoms with Gasteiger partial charge in [0.2, 0.25) is 11.8 Å². The molecular weight excluding hydrogens is 414 g/mol. The lowest BCUT2D eigenvalue weighted by atomic mass is 9.93. The Hall–Kier alpha value is -2.57. The zero-order chi connectivity index (χ0) is 22.2. The number of rotatable bonds is 8. The molecule has 0 bridgehead atoms. The fourth-order valence-electron chi connectivity index (χ4n) is 4.01. The normalized spacial score (nSPS) is 16.5. The van der Waals surface area contributed by atoms with Crippen molar-refractivity contribution in [2.24, 2.45) is 5.92 Å². The average molecular weight is 444 g/mol. The van der Waals surface area contributed by atoms with Crippen molar-refractivity contribution in [2.45, 2.75) is 39.2 Å². The number of hydrogen-bond donors (Lipinski definition) is 2. The first-order valence-electron chi connectivity index (χ1n) is 10.6. The van der Waals surface area contributed by atoms with Crippen molar-refractivity contribution in [1.82, 2.24) is 4.90 Å². The number of nitrogens with zero attached hydrogens (tertiary/aromatic N) is 1. The predicted molar refractivity (Wildman–Crippen MR) is 125 cm³/mol. The highest BCUT2D eigenvalue weighted by Crippen LogP contribution is 2.28. The van der Waals surface area contributed by atoms with Crippen molar-refractivity contribution >= 4 is 34.8 Å². The van der Waals surface area contributed by atoms with E-state index >= 15 is 0 Å². The molecule has 1 heterocycles. The number of nitrogens with one attached hydrogen (secondary N) is 2. The highest BCUT2D eigenvalue weighted by molar-refractivity contribution is 6.31. The van der Waals surface area contributed by atoms with Gasteiger partial charge in [-0.05, 0) is 67.6 Å². The van der Waals surface area contributed by atoms with Crippen LogP contribution in [0.15, 0.2) is 42.5 Å². The summed E-state index contributed by atoms with van der Waals surface area (Å²) in [4.78, 5) is 26.1. The van der Waals surface area contributed by atoms with Gasteiger partial charge in [0.1, 0.15) is 5.75 Å². The third-order valence-corrected chi connectivity index (χ3v) is 5.73. The van der Waals surface area contributed by atoms with Crippen molar-refractivity contribution in [3.8, 4) is 5.75 Å². The minimum Gasteiger partial charge on any atom is -0.495 e. The number of hydrogen-bond acceptors (Lipinski definition) is 4. The predicted octanol–water partition coefficient (Wildman–Crippen LogP) is 4.94. The second-order valence-corrected chi connectivity index (χ2v) is 8.49. The van der Waals surface area contributed by atoms with Gasteiger partial charge in [0.15, 0.2) is 0 Å². The number of carbonyl (C=O) groups is 2. The number of halogens is 1. The molecule has 6 nitrogen and oxygen atoms in total. The molecule has 7 heteroatoms. The van der Waals surface area contributed by atoms with Crippen LogP contribution in [0.25, 0.3) is 0 Å². The first-order chi connectivity index (χ1) is 14.9.